The number of nitrogens with one attached hydrogen (secondary N) is 2. The smallest absolute Gasteiger partial charge is 0.372 e. The molecule has 3 rings (SSSR count). The van der Waals surface area contributed by atoms with Crippen LogP contribution in [0.2, 0.25) is 0 Å². The summed E-state index contributed by atoms with van der Waals surface area (Å²) in [6.45, 7) is 0.691. The van der Waals surface area contributed by atoms with Crippen LogP contribution in [0.5, 0.6) is 0 Å². The zero-order chi connectivity index (χ0) is 19.4. The number of amides is 2. The Morgan fingerprint density at radius 2 is 2.07 bits per heavy atom. The summed E-state index contributed by atoms with van der Waals surface area (Å²) in [6.07, 6.45) is -3.53. The first-order valence-corrected chi connectivity index (χ1v) is 8.66. The summed E-state index contributed by atoms with van der Waals surface area (Å²) in [4.78, 5) is 12.1. The fourth-order valence-corrected chi connectivity index (χ4v) is 3.03. The summed E-state index contributed by atoms with van der Waals surface area (Å²) in [7, 11) is 1.70. The number of benzene rings is 1. The summed E-state index contributed by atoms with van der Waals surface area (Å²) < 4.78 is 45.1. The zero-order valence-corrected chi connectivity index (χ0v) is 14.8. The third-order valence-corrected chi connectivity index (χ3v) is 4.35. The van der Waals surface area contributed by atoms with Gasteiger partial charge in [-0.25, -0.2) is 4.79 Å². The topological polar surface area (TPSA) is 68.2 Å². The fourth-order valence-electron chi connectivity index (χ4n) is 3.03. The maximum absolute atomic E-state index is 12.7. The number of hydrogen-bond acceptors (Lipinski definition) is 3. The number of carbonyl (C=O) groups excluding carboxylic acids is 1. The monoisotopic (exact) mass is 382 g/mol. The van der Waals surface area contributed by atoms with Gasteiger partial charge in [-0.15, -0.1) is 0 Å². The van der Waals surface area contributed by atoms with Crippen LogP contribution in [0.25, 0.3) is 0 Å². The van der Waals surface area contributed by atoms with Crippen LogP contribution in [0, 0.1) is 0 Å². The fraction of sp³-hybridized carbons (Fsp3) is 0.444. The highest BCUT2D eigenvalue weighted by molar-refractivity contribution is 5.88. The van der Waals surface area contributed by atoms with E-state index in [2.05, 4.69) is 15.7 Å². The molecule has 1 unspecified atom stereocenters. The van der Waals surface area contributed by atoms with Gasteiger partial charge in [0.05, 0.1) is 12.1 Å². The highest BCUT2D eigenvalue weighted by atomic mass is 19.4. The van der Waals surface area contributed by atoms with Gasteiger partial charge in [0, 0.05) is 26.3 Å². The van der Waals surface area contributed by atoms with Crippen LogP contribution in [-0.2, 0) is 24.8 Å². The lowest BCUT2D eigenvalue weighted by atomic mass is 10.0. The van der Waals surface area contributed by atoms with Gasteiger partial charge in [0.15, 0.2) is 0 Å². The van der Waals surface area contributed by atoms with Gasteiger partial charge in [-0.1, -0.05) is 24.3 Å². The third-order valence-electron chi connectivity index (χ3n) is 4.35. The Morgan fingerprint density at radius 1 is 1.33 bits per heavy atom. The molecule has 27 heavy (non-hydrogen) atoms. The molecule has 0 spiro atoms. The van der Waals surface area contributed by atoms with Crippen molar-refractivity contribution in [3.63, 3.8) is 0 Å². The molecular formula is C18H21F3N4O2. The lowest BCUT2D eigenvalue weighted by Gasteiger charge is -2.13. The molecule has 1 atom stereocenters. The molecule has 2 N–H and O–H groups in total. The Hall–Kier alpha value is -2.55. The van der Waals surface area contributed by atoms with Crippen LogP contribution >= 0.6 is 0 Å². The van der Waals surface area contributed by atoms with Crippen molar-refractivity contribution in [3.8, 4) is 0 Å². The Bertz CT molecular complexity index is 798. The van der Waals surface area contributed by atoms with E-state index in [4.69, 9.17) is 4.74 Å². The predicted octanol–water partition coefficient (Wildman–Crippen LogP) is 3.70. The van der Waals surface area contributed by atoms with Gasteiger partial charge in [-0.2, -0.15) is 18.3 Å². The quantitative estimate of drug-likeness (QED) is 0.829. The van der Waals surface area contributed by atoms with Crippen molar-refractivity contribution in [2.75, 3.05) is 11.9 Å². The first-order valence-electron chi connectivity index (χ1n) is 8.66. The number of aryl methyl sites for hydroxylation is 1. The van der Waals surface area contributed by atoms with Gasteiger partial charge in [-0.05, 0) is 24.0 Å². The molecule has 9 heteroatoms. The van der Waals surface area contributed by atoms with Gasteiger partial charge in [-0.3, -0.25) is 10.00 Å². The maximum Gasteiger partial charge on any atom is 0.393 e. The second-order valence-corrected chi connectivity index (χ2v) is 6.45. The number of halogens is 3. The summed E-state index contributed by atoms with van der Waals surface area (Å²) >= 11 is 0. The van der Waals surface area contributed by atoms with Gasteiger partial charge in [0.2, 0.25) is 0 Å². The molecule has 0 radical (unpaired) electrons. The van der Waals surface area contributed by atoms with E-state index in [0.29, 0.717) is 18.0 Å². The Labute approximate surface area is 154 Å². The van der Waals surface area contributed by atoms with E-state index in [1.54, 1.807) is 31.3 Å². The van der Waals surface area contributed by atoms with E-state index in [1.807, 2.05) is 0 Å². The molecule has 2 heterocycles. The van der Waals surface area contributed by atoms with Gasteiger partial charge < -0.3 is 10.1 Å². The average Bonchev–Trinajstić information content (AvgIpc) is 3.23. The molecule has 146 valence electrons. The first-order chi connectivity index (χ1) is 12.8. The minimum absolute atomic E-state index is 0.00543. The van der Waals surface area contributed by atoms with E-state index in [9.17, 15) is 18.0 Å². The number of aromatic nitrogens is 2. The molecule has 1 fully saturated rings. The molecule has 1 aliphatic rings. The van der Waals surface area contributed by atoms with Gasteiger partial charge in [0.1, 0.15) is 11.9 Å². The number of rotatable bonds is 5. The van der Waals surface area contributed by atoms with Crippen molar-refractivity contribution in [3.05, 3.63) is 47.2 Å². The van der Waals surface area contributed by atoms with E-state index in [1.165, 1.54) is 10.7 Å². The largest absolute Gasteiger partial charge is 0.393 e. The van der Waals surface area contributed by atoms with Crippen LogP contribution in [-0.4, -0.2) is 28.6 Å². The van der Waals surface area contributed by atoms with Crippen molar-refractivity contribution in [2.45, 2.75) is 38.1 Å². The molecule has 6 nitrogen and oxygen atoms in total. The van der Waals surface area contributed by atoms with Crippen LogP contribution in [0.4, 0.5) is 23.8 Å². The van der Waals surface area contributed by atoms with Crippen molar-refractivity contribution >= 4 is 11.8 Å². The third kappa shape index (κ3) is 5.22. The Balaban J connectivity index is 1.59. The van der Waals surface area contributed by atoms with E-state index in [0.717, 1.165) is 18.5 Å². The van der Waals surface area contributed by atoms with Gasteiger partial charge >= 0.3 is 12.2 Å². The van der Waals surface area contributed by atoms with E-state index < -0.39 is 18.6 Å². The maximum atomic E-state index is 12.7. The molecule has 0 saturated carbocycles. The summed E-state index contributed by atoms with van der Waals surface area (Å²) in [6, 6.07) is 7.40. The van der Waals surface area contributed by atoms with Crippen molar-refractivity contribution < 1.29 is 22.7 Å². The number of anilines is 1. The standard InChI is InChI=1S/C18H21F3N4O2/c1-25-16(9-14(24-25)15-7-4-8-27-15)23-17(26)22-11-13-6-3-2-5-12(13)10-18(19,20)21/h2-3,5-6,9,15H,4,7-8,10-11H2,1H3,(H2,22,23,26). The van der Waals surface area contributed by atoms with Crippen molar-refractivity contribution in [1.82, 2.24) is 15.1 Å². The number of urea groups is 1. The molecule has 1 saturated heterocycles. The van der Waals surface area contributed by atoms with Crippen LogP contribution in [0.15, 0.2) is 30.3 Å². The lowest BCUT2D eigenvalue weighted by molar-refractivity contribution is -0.127. The van der Waals surface area contributed by atoms with Crippen molar-refractivity contribution in [1.29, 1.82) is 0 Å². The normalized spacial score (nSPS) is 17.1. The molecule has 0 bridgehead atoms. The Kier molecular flexibility index (Phi) is 5.69. The summed E-state index contributed by atoms with van der Waals surface area (Å²) in [5, 5.41) is 9.60. The SMILES string of the molecule is Cn1nc(C2CCCO2)cc1NC(=O)NCc1ccccc1CC(F)(F)F. The highest BCUT2D eigenvalue weighted by Crippen LogP contribution is 2.29. The molecule has 1 aliphatic heterocycles. The number of nitrogens with zero attached hydrogens (tertiary/aromatic N) is 2. The molecule has 2 aromatic rings. The average molecular weight is 382 g/mol. The molecule has 1 aromatic heterocycles. The molecule has 1 aromatic carbocycles. The number of alkyl halides is 3. The molecular weight excluding hydrogens is 361 g/mol. The molecule has 0 aliphatic carbocycles. The Morgan fingerprint density at radius 3 is 2.74 bits per heavy atom. The predicted molar refractivity (Wildman–Crippen MR) is 93.2 cm³/mol. The minimum atomic E-state index is -4.30. The van der Waals surface area contributed by atoms with E-state index in [-0.39, 0.29) is 18.2 Å². The minimum Gasteiger partial charge on any atom is -0.372 e. The zero-order valence-electron chi connectivity index (χ0n) is 14.8. The van der Waals surface area contributed by atoms with Crippen LogP contribution < -0.4 is 10.6 Å². The van der Waals surface area contributed by atoms with Crippen molar-refractivity contribution in [2.24, 2.45) is 7.05 Å². The van der Waals surface area contributed by atoms with Gasteiger partial charge in [0.25, 0.3) is 0 Å². The highest BCUT2D eigenvalue weighted by Gasteiger charge is 2.28. The lowest BCUT2D eigenvalue weighted by Crippen LogP contribution is -2.29. The summed E-state index contributed by atoms with van der Waals surface area (Å²) in [5.41, 5.74) is 1.32. The number of ether oxygens (including phenoxy) is 1. The molecule has 2 amide bonds. The second-order valence-electron chi connectivity index (χ2n) is 6.45. The number of carbonyl (C=O) groups is 1. The first kappa shape index (κ1) is 19.2. The number of hydrogen-bond donors (Lipinski definition) is 2. The van der Waals surface area contributed by atoms with Crippen LogP contribution in [0.1, 0.15) is 35.8 Å². The summed E-state index contributed by atoms with van der Waals surface area (Å²) in [5.74, 6) is 0.488. The van der Waals surface area contributed by atoms with E-state index >= 15 is 0 Å². The van der Waals surface area contributed by atoms with Crippen LogP contribution in [0.3, 0.4) is 0 Å². The second kappa shape index (κ2) is 7.99.